The summed E-state index contributed by atoms with van der Waals surface area (Å²) < 4.78 is 31.5. The number of fused-ring (bicyclic) bond motifs is 2. The van der Waals surface area contributed by atoms with Crippen LogP contribution in [0, 0.1) is 16.7 Å². The Morgan fingerprint density at radius 1 is 1.26 bits per heavy atom. The number of amides is 1. The highest BCUT2D eigenvalue weighted by atomic mass is 32.2. The first-order chi connectivity index (χ1) is 12.4. The van der Waals surface area contributed by atoms with Crippen molar-refractivity contribution in [3.8, 4) is 5.75 Å². The maximum absolute atomic E-state index is 12.9. The van der Waals surface area contributed by atoms with E-state index in [1.165, 1.54) is 39.8 Å². The van der Waals surface area contributed by atoms with Crippen LogP contribution in [-0.2, 0) is 10.0 Å². The highest BCUT2D eigenvalue weighted by molar-refractivity contribution is 7.89. The van der Waals surface area contributed by atoms with Crippen molar-refractivity contribution in [1.82, 2.24) is 9.62 Å². The maximum atomic E-state index is 12.9. The van der Waals surface area contributed by atoms with E-state index in [4.69, 9.17) is 4.74 Å². The van der Waals surface area contributed by atoms with Crippen molar-refractivity contribution in [3.63, 3.8) is 0 Å². The zero-order chi connectivity index (χ0) is 20.2. The summed E-state index contributed by atoms with van der Waals surface area (Å²) in [5.74, 6) is 0.615. The van der Waals surface area contributed by atoms with Crippen LogP contribution in [0.4, 0.5) is 0 Å². The van der Waals surface area contributed by atoms with Crippen molar-refractivity contribution in [3.05, 3.63) is 23.8 Å². The smallest absolute Gasteiger partial charge is 0.251 e. The fourth-order valence-electron chi connectivity index (χ4n) is 4.88. The van der Waals surface area contributed by atoms with Crippen LogP contribution in [0.1, 0.15) is 50.4 Å². The summed E-state index contributed by atoms with van der Waals surface area (Å²) in [5.41, 5.74) is 0.600. The number of sulfonamides is 1. The fourth-order valence-corrected chi connectivity index (χ4v) is 5.95. The van der Waals surface area contributed by atoms with Crippen molar-refractivity contribution in [1.29, 1.82) is 0 Å². The van der Waals surface area contributed by atoms with Gasteiger partial charge in [0.25, 0.3) is 5.91 Å². The normalized spacial score (nSPS) is 29.1. The van der Waals surface area contributed by atoms with Crippen molar-refractivity contribution < 1.29 is 17.9 Å². The first kappa shape index (κ1) is 20.1. The van der Waals surface area contributed by atoms with Crippen molar-refractivity contribution >= 4 is 15.9 Å². The molecule has 0 radical (unpaired) electrons. The predicted molar refractivity (Wildman–Crippen MR) is 104 cm³/mol. The lowest BCUT2D eigenvalue weighted by Gasteiger charge is -2.39. The summed E-state index contributed by atoms with van der Waals surface area (Å²) in [5, 5.41) is 3.18. The van der Waals surface area contributed by atoms with Crippen LogP contribution in [0.3, 0.4) is 0 Å². The molecule has 2 fully saturated rings. The minimum absolute atomic E-state index is 0.00198. The standard InChI is InChI=1S/C20H30N2O4S/c1-19(2)14-9-10-20(19,3)17(12-14)21-18(23)13-7-8-15(26-6)16(11-13)27(24,25)22(4)5/h7-8,11,14,17H,9-10,12H2,1-6H3,(H,21,23). The molecule has 0 spiro atoms. The van der Waals surface area contributed by atoms with Crippen LogP contribution in [-0.4, -0.2) is 45.9 Å². The monoisotopic (exact) mass is 394 g/mol. The van der Waals surface area contributed by atoms with Gasteiger partial charge in [-0.15, -0.1) is 0 Å². The SMILES string of the molecule is COc1ccc(C(=O)NC2CC3CCC2(C)C3(C)C)cc1S(=O)(=O)N(C)C. The average molecular weight is 395 g/mol. The topological polar surface area (TPSA) is 75.7 Å². The van der Waals surface area contributed by atoms with E-state index in [1.807, 2.05) is 0 Å². The molecular formula is C20H30N2O4S. The second-order valence-corrected chi connectivity index (χ2v) is 10.9. The average Bonchev–Trinajstić information content (AvgIpc) is 2.94. The molecule has 0 saturated heterocycles. The van der Waals surface area contributed by atoms with Crippen LogP contribution in [0.15, 0.2) is 23.1 Å². The summed E-state index contributed by atoms with van der Waals surface area (Å²) in [6.45, 7) is 6.86. The number of nitrogens with zero attached hydrogens (tertiary/aromatic N) is 1. The van der Waals surface area contributed by atoms with E-state index in [9.17, 15) is 13.2 Å². The predicted octanol–water partition coefficient (Wildman–Crippen LogP) is 2.89. The van der Waals surface area contributed by atoms with Gasteiger partial charge in [0.1, 0.15) is 10.6 Å². The second-order valence-electron chi connectivity index (χ2n) is 8.79. The Labute approximate surface area is 162 Å². The molecule has 1 aromatic rings. The third kappa shape index (κ3) is 2.95. The van der Waals surface area contributed by atoms with Crippen molar-refractivity contribution in [2.24, 2.45) is 16.7 Å². The molecule has 1 aromatic carbocycles. The molecular weight excluding hydrogens is 364 g/mol. The maximum Gasteiger partial charge on any atom is 0.251 e. The number of benzene rings is 1. The summed E-state index contributed by atoms with van der Waals surface area (Å²) >= 11 is 0. The van der Waals surface area contributed by atoms with E-state index < -0.39 is 10.0 Å². The number of rotatable bonds is 5. The number of hydrogen-bond donors (Lipinski definition) is 1. The third-order valence-corrected chi connectivity index (χ3v) is 9.12. The lowest BCUT2D eigenvalue weighted by atomic mass is 9.69. The summed E-state index contributed by atoms with van der Waals surface area (Å²) in [4.78, 5) is 12.9. The molecule has 0 aromatic heterocycles. The number of methoxy groups -OCH3 is 1. The van der Waals surface area contributed by atoms with Crippen molar-refractivity contribution in [2.75, 3.05) is 21.2 Å². The molecule has 2 bridgehead atoms. The molecule has 150 valence electrons. The van der Waals surface area contributed by atoms with Gasteiger partial charge in [0, 0.05) is 25.7 Å². The van der Waals surface area contributed by atoms with Gasteiger partial charge in [-0.1, -0.05) is 20.8 Å². The Bertz CT molecular complexity index is 863. The lowest BCUT2D eigenvalue weighted by Crippen LogP contribution is -2.46. The van der Waals surface area contributed by atoms with Crippen LogP contribution in [0.25, 0.3) is 0 Å². The van der Waals surface area contributed by atoms with Crippen LogP contribution < -0.4 is 10.1 Å². The molecule has 2 aliphatic rings. The first-order valence-electron chi connectivity index (χ1n) is 9.36. The molecule has 2 saturated carbocycles. The number of carbonyl (C=O) groups excluding carboxylic acids is 1. The molecule has 1 N–H and O–H groups in total. The molecule has 27 heavy (non-hydrogen) atoms. The van der Waals surface area contributed by atoms with Crippen LogP contribution >= 0.6 is 0 Å². The molecule has 0 heterocycles. The zero-order valence-electron chi connectivity index (χ0n) is 17.0. The van der Waals surface area contributed by atoms with E-state index in [-0.39, 0.29) is 33.4 Å². The summed E-state index contributed by atoms with van der Waals surface area (Å²) in [6.07, 6.45) is 3.30. The lowest BCUT2D eigenvalue weighted by molar-refractivity contribution is 0.0826. The molecule has 3 atom stereocenters. The van der Waals surface area contributed by atoms with E-state index in [0.29, 0.717) is 11.5 Å². The van der Waals surface area contributed by atoms with Gasteiger partial charge in [-0.05, 0) is 54.2 Å². The van der Waals surface area contributed by atoms with Gasteiger partial charge in [-0.3, -0.25) is 4.79 Å². The van der Waals surface area contributed by atoms with E-state index in [2.05, 4.69) is 26.1 Å². The van der Waals surface area contributed by atoms with Gasteiger partial charge in [0.15, 0.2) is 0 Å². The van der Waals surface area contributed by atoms with E-state index in [1.54, 1.807) is 6.07 Å². The quantitative estimate of drug-likeness (QED) is 0.833. The molecule has 3 unspecified atom stereocenters. The molecule has 1 amide bonds. The molecule has 6 nitrogen and oxygen atoms in total. The molecule has 7 heteroatoms. The Morgan fingerprint density at radius 3 is 2.41 bits per heavy atom. The van der Waals surface area contributed by atoms with Gasteiger partial charge in [-0.2, -0.15) is 0 Å². The number of carbonyl (C=O) groups is 1. The Hall–Kier alpha value is -1.60. The fraction of sp³-hybridized carbons (Fsp3) is 0.650. The van der Waals surface area contributed by atoms with Gasteiger partial charge in [0.05, 0.1) is 7.11 Å². The molecule has 2 aliphatic carbocycles. The molecule has 0 aliphatic heterocycles. The van der Waals surface area contributed by atoms with Crippen LogP contribution in [0.2, 0.25) is 0 Å². The Morgan fingerprint density at radius 2 is 1.93 bits per heavy atom. The minimum Gasteiger partial charge on any atom is -0.495 e. The Kier molecular flexibility index (Phi) is 4.84. The second kappa shape index (κ2) is 6.48. The first-order valence-corrected chi connectivity index (χ1v) is 10.8. The number of ether oxygens (including phenoxy) is 1. The Balaban J connectivity index is 1.89. The summed E-state index contributed by atoms with van der Waals surface area (Å²) in [7, 11) is 0.621. The largest absolute Gasteiger partial charge is 0.495 e. The molecule has 3 rings (SSSR count). The highest BCUT2D eigenvalue weighted by Gasteiger charge is 2.61. The third-order valence-electron chi connectivity index (χ3n) is 7.28. The number of nitrogens with one attached hydrogen (secondary N) is 1. The van der Waals surface area contributed by atoms with Gasteiger partial charge >= 0.3 is 0 Å². The summed E-state index contributed by atoms with van der Waals surface area (Å²) in [6, 6.07) is 4.67. The van der Waals surface area contributed by atoms with Gasteiger partial charge < -0.3 is 10.1 Å². The van der Waals surface area contributed by atoms with Crippen LogP contribution in [0.5, 0.6) is 5.75 Å². The van der Waals surface area contributed by atoms with E-state index >= 15 is 0 Å². The van der Waals surface area contributed by atoms with E-state index in [0.717, 1.165) is 17.1 Å². The zero-order valence-corrected chi connectivity index (χ0v) is 17.8. The van der Waals surface area contributed by atoms with Crippen molar-refractivity contribution in [2.45, 2.75) is 51.0 Å². The van der Waals surface area contributed by atoms with Gasteiger partial charge in [-0.25, -0.2) is 12.7 Å². The van der Waals surface area contributed by atoms with Gasteiger partial charge in [0.2, 0.25) is 10.0 Å². The highest BCUT2D eigenvalue weighted by Crippen LogP contribution is 2.65. The minimum atomic E-state index is -3.71. The number of hydrogen-bond acceptors (Lipinski definition) is 4.